The van der Waals surface area contributed by atoms with E-state index >= 15 is 0 Å². The molecule has 0 bridgehead atoms. The predicted molar refractivity (Wildman–Crippen MR) is 139 cm³/mol. The number of nitriles is 1. The lowest BCUT2D eigenvalue weighted by Gasteiger charge is -2.16. The van der Waals surface area contributed by atoms with Crippen LogP contribution in [0.4, 0.5) is 0 Å². The first-order chi connectivity index (χ1) is 17.3. The van der Waals surface area contributed by atoms with Gasteiger partial charge in [-0.2, -0.15) is 5.26 Å². The van der Waals surface area contributed by atoms with Crippen molar-refractivity contribution in [2.75, 3.05) is 27.3 Å². The molecule has 0 aliphatic carbocycles. The van der Waals surface area contributed by atoms with Crippen LogP contribution in [0.5, 0.6) is 5.75 Å². The van der Waals surface area contributed by atoms with E-state index in [-0.39, 0.29) is 29.7 Å². The number of hydrogen-bond acceptors (Lipinski definition) is 7. The Morgan fingerprint density at radius 3 is 2.44 bits per heavy atom. The minimum absolute atomic E-state index is 0.0584. The first-order valence-corrected chi connectivity index (χ1v) is 11.5. The fraction of sp³-hybridized carbons (Fsp3) is 0.231. The Bertz CT molecular complexity index is 1290. The second kappa shape index (κ2) is 14.0. The number of hydrogen-bond donors (Lipinski definition) is 2. The molecule has 1 amide bonds. The lowest BCUT2D eigenvalue weighted by atomic mass is 9.96. The fourth-order valence-corrected chi connectivity index (χ4v) is 3.82. The van der Waals surface area contributed by atoms with E-state index in [1.54, 1.807) is 30.3 Å². The number of nitrogens with two attached hydrogens (primary N) is 1. The largest absolute Gasteiger partial charge is 0.495 e. The summed E-state index contributed by atoms with van der Waals surface area (Å²) >= 11 is 11.8. The summed E-state index contributed by atoms with van der Waals surface area (Å²) in [5.74, 6) is -0.773. The zero-order chi connectivity index (χ0) is 26.7. The molecule has 0 saturated heterocycles. The Kier molecular flexibility index (Phi) is 11.2. The predicted octanol–water partition coefficient (Wildman–Crippen LogP) is 4.25. The molecule has 0 radical (unpaired) electrons. The molecule has 188 valence electrons. The van der Waals surface area contributed by atoms with Gasteiger partial charge in [-0.3, -0.25) is 9.59 Å². The highest BCUT2D eigenvalue weighted by Crippen LogP contribution is 2.31. The van der Waals surface area contributed by atoms with E-state index in [0.29, 0.717) is 34.0 Å². The number of fused-ring (bicyclic) bond motifs is 1. The van der Waals surface area contributed by atoms with Gasteiger partial charge in [-0.15, -0.1) is 0 Å². The van der Waals surface area contributed by atoms with E-state index in [0.717, 1.165) is 17.2 Å². The van der Waals surface area contributed by atoms with Gasteiger partial charge in [0.1, 0.15) is 18.1 Å². The number of amides is 1. The van der Waals surface area contributed by atoms with Crippen LogP contribution in [0.2, 0.25) is 10.0 Å². The molecular weight excluding hydrogens is 505 g/mol. The van der Waals surface area contributed by atoms with E-state index in [4.69, 9.17) is 38.9 Å². The molecule has 36 heavy (non-hydrogen) atoms. The van der Waals surface area contributed by atoms with Gasteiger partial charge in [-0.25, -0.2) is 0 Å². The summed E-state index contributed by atoms with van der Waals surface area (Å²) < 4.78 is 9.64. The Morgan fingerprint density at radius 2 is 1.86 bits per heavy atom. The minimum Gasteiger partial charge on any atom is -0.495 e. The number of primary amides is 1. The van der Waals surface area contributed by atoms with Gasteiger partial charge in [0.2, 0.25) is 0 Å². The Labute approximate surface area is 218 Å². The van der Waals surface area contributed by atoms with E-state index in [2.05, 4.69) is 10.1 Å². The van der Waals surface area contributed by atoms with Crippen LogP contribution in [0.15, 0.2) is 48.5 Å². The Morgan fingerprint density at radius 1 is 1.14 bits per heavy atom. The lowest BCUT2D eigenvalue weighted by Crippen LogP contribution is -2.28. The molecule has 3 aromatic rings. The second-order valence-corrected chi connectivity index (χ2v) is 8.32. The van der Waals surface area contributed by atoms with Gasteiger partial charge in [0.05, 0.1) is 41.9 Å². The summed E-state index contributed by atoms with van der Waals surface area (Å²) in [5, 5.41) is 14.4. The van der Waals surface area contributed by atoms with Crippen molar-refractivity contribution in [2.45, 2.75) is 12.3 Å². The third kappa shape index (κ3) is 7.43. The van der Waals surface area contributed by atoms with Gasteiger partial charge < -0.3 is 25.3 Å². The van der Waals surface area contributed by atoms with E-state index in [1.807, 2.05) is 24.3 Å². The van der Waals surface area contributed by atoms with Crippen LogP contribution < -0.4 is 15.8 Å². The molecule has 1 atom stereocenters. The molecule has 3 aromatic carbocycles. The maximum Gasteiger partial charge on any atom is 0.319 e. The van der Waals surface area contributed by atoms with Crippen molar-refractivity contribution in [3.8, 4) is 11.8 Å². The van der Waals surface area contributed by atoms with Crippen LogP contribution in [0.25, 0.3) is 10.8 Å². The van der Waals surface area contributed by atoms with Crippen LogP contribution in [-0.2, 0) is 14.3 Å². The number of methoxy groups -OCH3 is 2. The lowest BCUT2D eigenvalue weighted by molar-refractivity contribution is -0.139. The van der Waals surface area contributed by atoms with Crippen LogP contribution in [0.3, 0.4) is 0 Å². The maximum atomic E-state index is 11.5. The number of carbonyl (C=O) groups is 3. The van der Waals surface area contributed by atoms with Crippen molar-refractivity contribution in [3.63, 3.8) is 0 Å². The molecule has 8 nitrogen and oxygen atoms in total. The van der Waals surface area contributed by atoms with Gasteiger partial charge >= 0.3 is 5.97 Å². The van der Waals surface area contributed by atoms with Gasteiger partial charge in [0.25, 0.3) is 5.91 Å². The standard InChI is InChI=1S/C13H15Cl2NO3.C13H10N2O2/c1-19-13(18)8-16-7-10(4-5-17)9-2-3-11(14)12(15)6-9;1-17-12-9(7-14)6-8-4-2-3-5-10(8)11(12)13(15)16/h2-3,5-6,10,16H,4,7-8H2,1H3;2-6H,1H3,(H2,15,16)/t10-;/m1./s1. The number of carbonyl (C=O) groups excluding carboxylic acids is 3. The fourth-order valence-electron chi connectivity index (χ4n) is 3.51. The van der Waals surface area contributed by atoms with Gasteiger partial charge in [-0.05, 0) is 34.5 Å². The third-order valence-electron chi connectivity index (χ3n) is 5.26. The number of benzene rings is 3. The van der Waals surface area contributed by atoms with Crippen molar-refractivity contribution in [2.24, 2.45) is 5.73 Å². The number of rotatable bonds is 9. The van der Waals surface area contributed by atoms with E-state index in [1.165, 1.54) is 14.2 Å². The molecule has 0 saturated carbocycles. The van der Waals surface area contributed by atoms with Crippen molar-refractivity contribution >= 4 is 52.1 Å². The minimum atomic E-state index is -0.602. The SMILES string of the molecule is COC(=O)CNC[C@@H](CC=O)c1ccc(Cl)c(Cl)c1.COc1c(C#N)cc2ccccc2c1C(N)=O. The molecule has 3 rings (SSSR count). The molecule has 0 unspecified atom stereocenters. The highest BCUT2D eigenvalue weighted by molar-refractivity contribution is 6.42. The monoisotopic (exact) mass is 529 g/mol. The van der Waals surface area contributed by atoms with Crippen LogP contribution in [0, 0.1) is 11.3 Å². The molecule has 3 N–H and O–H groups in total. The van der Waals surface area contributed by atoms with Crippen LogP contribution >= 0.6 is 23.2 Å². The first-order valence-electron chi connectivity index (χ1n) is 10.7. The number of ether oxygens (including phenoxy) is 2. The molecule has 0 fully saturated rings. The molecule has 0 heterocycles. The van der Waals surface area contributed by atoms with Crippen molar-refractivity contribution in [1.29, 1.82) is 5.26 Å². The van der Waals surface area contributed by atoms with Gasteiger partial charge in [0.15, 0.2) is 0 Å². The van der Waals surface area contributed by atoms with Gasteiger partial charge in [0, 0.05) is 18.9 Å². The zero-order valence-corrected chi connectivity index (χ0v) is 21.2. The summed E-state index contributed by atoms with van der Waals surface area (Å²) in [6.45, 7) is 0.582. The van der Waals surface area contributed by atoms with Gasteiger partial charge in [-0.1, -0.05) is 53.5 Å². The molecule has 10 heteroatoms. The Balaban J connectivity index is 0.000000255. The normalized spacial score (nSPS) is 11.0. The van der Waals surface area contributed by atoms with Crippen molar-refractivity contribution < 1.29 is 23.9 Å². The summed E-state index contributed by atoms with van der Waals surface area (Å²) in [7, 11) is 2.74. The average molecular weight is 530 g/mol. The number of nitrogens with zero attached hydrogens (tertiary/aromatic N) is 1. The summed E-state index contributed by atoms with van der Waals surface area (Å²) in [4.78, 5) is 33.2. The second-order valence-electron chi connectivity index (χ2n) is 7.51. The van der Waals surface area contributed by atoms with Crippen molar-refractivity contribution in [3.05, 3.63) is 75.3 Å². The smallest absolute Gasteiger partial charge is 0.319 e. The molecule has 0 aliphatic heterocycles. The summed E-state index contributed by atoms with van der Waals surface area (Å²) in [6.07, 6.45) is 1.18. The van der Waals surface area contributed by atoms with E-state index in [9.17, 15) is 14.4 Å². The quantitative estimate of drug-likeness (QED) is 0.312. The summed E-state index contributed by atoms with van der Waals surface area (Å²) in [5.41, 5.74) is 6.81. The van der Waals surface area contributed by atoms with Crippen molar-refractivity contribution in [1.82, 2.24) is 5.32 Å². The molecule has 0 spiro atoms. The highest BCUT2D eigenvalue weighted by atomic mass is 35.5. The van der Waals surface area contributed by atoms with E-state index < -0.39 is 5.91 Å². The Hall–Kier alpha value is -3.64. The number of halogens is 2. The topological polar surface area (TPSA) is 132 Å². The molecular formula is C26H25Cl2N3O5. The average Bonchev–Trinajstić information content (AvgIpc) is 2.88. The number of aldehydes is 1. The van der Waals surface area contributed by atoms with Crippen LogP contribution in [0.1, 0.15) is 33.8 Å². The molecule has 0 aromatic heterocycles. The highest BCUT2D eigenvalue weighted by Gasteiger charge is 2.18. The third-order valence-corrected chi connectivity index (χ3v) is 6.00. The number of nitrogens with one attached hydrogen (secondary N) is 1. The molecule has 0 aliphatic rings. The summed E-state index contributed by atoms with van der Waals surface area (Å²) in [6, 6.07) is 16.2. The number of esters is 1. The van der Waals surface area contributed by atoms with Crippen LogP contribution in [-0.4, -0.2) is 45.5 Å². The maximum absolute atomic E-state index is 11.5. The first kappa shape index (κ1) is 28.6. The zero-order valence-electron chi connectivity index (χ0n) is 19.7.